The molecule has 0 aliphatic rings. The maximum atomic E-state index is 15.2. The van der Waals surface area contributed by atoms with E-state index in [0.29, 0.717) is 67.6 Å². The Kier molecular flexibility index (Phi) is 18.1. The number of nitrogens with one attached hydrogen (secondary N) is 2. The van der Waals surface area contributed by atoms with Gasteiger partial charge in [0.1, 0.15) is 23.0 Å². The van der Waals surface area contributed by atoms with E-state index in [1.807, 2.05) is 13.8 Å². The third-order valence-electron chi connectivity index (χ3n) is 12.3. The number of carbonyl (C=O) groups excluding carboxylic acids is 1. The lowest BCUT2D eigenvalue weighted by Crippen LogP contribution is -2.32. The number of methoxy groups -OCH3 is 1. The number of nitrogens with zero attached hydrogens (tertiary/aromatic N) is 3. The van der Waals surface area contributed by atoms with E-state index in [1.165, 1.54) is 79.1 Å². The van der Waals surface area contributed by atoms with Crippen LogP contribution in [0.15, 0.2) is 143 Å². The van der Waals surface area contributed by atoms with E-state index in [-0.39, 0.29) is 52.9 Å². The fourth-order valence-corrected chi connectivity index (χ4v) is 10.6. The van der Waals surface area contributed by atoms with E-state index in [1.54, 1.807) is 105 Å². The summed E-state index contributed by atoms with van der Waals surface area (Å²) in [6.07, 6.45) is 2.61. The molecule has 2 heterocycles. The molecule has 402 valence electrons. The van der Waals surface area contributed by atoms with E-state index >= 15 is 4.39 Å². The number of ether oxygens (including phenoxy) is 2. The number of carboxylic acid groups (broad SMARTS) is 2. The third kappa shape index (κ3) is 13.4. The van der Waals surface area contributed by atoms with Gasteiger partial charge in [0.05, 0.1) is 41.1 Å². The highest BCUT2D eigenvalue weighted by Crippen LogP contribution is 2.39. The van der Waals surface area contributed by atoms with Crippen molar-refractivity contribution in [3.8, 4) is 28.0 Å². The first-order valence-corrected chi connectivity index (χ1v) is 26.8. The molecule has 7 rings (SSSR count). The van der Waals surface area contributed by atoms with Crippen molar-refractivity contribution in [3.05, 3.63) is 161 Å². The van der Waals surface area contributed by atoms with Gasteiger partial charge in [0, 0.05) is 64.5 Å². The van der Waals surface area contributed by atoms with E-state index in [4.69, 9.17) is 9.47 Å². The molecule has 76 heavy (non-hydrogen) atoms. The monoisotopic (exact) mass is 1080 g/mol. The van der Waals surface area contributed by atoms with Crippen molar-refractivity contribution in [2.75, 3.05) is 27.7 Å². The van der Waals surface area contributed by atoms with Crippen molar-refractivity contribution in [1.29, 1.82) is 0 Å². The number of halogens is 2. The van der Waals surface area contributed by atoms with Gasteiger partial charge >= 0.3 is 18.0 Å². The Morgan fingerprint density at radius 1 is 0.711 bits per heavy atom. The SMILES string of the molecule is CC/C=C(\F)Cn1c(C)c(-c2cccc(S(=O)(=O)NC)c2)c2cc(C(=O)O)ccc21.COc1ccc(CN(C)S(=O)(=O)c2cccc(-c3c(C)n(C/C(F)=C/CNC(=O)OC(C)(C)C)c4ccc(C(=O)O)cc34)c2)cc1. The molecule has 0 saturated heterocycles. The van der Waals surface area contributed by atoms with Gasteiger partial charge in [0.2, 0.25) is 20.0 Å². The Morgan fingerprint density at radius 3 is 1.66 bits per heavy atom. The van der Waals surface area contributed by atoms with Crippen LogP contribution in [0.2, 0.25) is 0 Å². The summed E-state index contributed by atoms with van der Waals surface area (Å²) in [6.45, 7) is 10.4. The van der Waals surface area contributed by atoms with Crippen molar-refractivity contribution >= 4 is 59.9 Å². The number of amides is 1. The Morgan fingerprint density at radius 2 is 1.20 bits per heavy atom. The van der Waals surface area contributed by atoms with Crippen molar-refractivity contribution in [1.82, 2.24) is 23.5 Å². The Hall–Kier alpha value is -7.65. The second-order valence-electron chi connectivity index (χ2n) is 18.6. The molecule has 7 aromatic rings. The van der Waals surface area contributed by atoms with Crippen LogP contribution in [-0.2, 0) is 44.4 Å². The summed E-state index contributed by atoms with van der Waals surface area (Å²) in [7, 11) is -3.20. The molecule has 0 bridgehead atoms. The van der Waals surface area contributed by atoms with Crippen molar-refractivity contribution in [2.45, 2.75) is 83.0 Å². The molecular formula is C56H61F2N5O11S2. The highest BCUT2D eigenvalue weighted by molar-refractivity contribution is 7.89. The number of hydrogen-bond donors (Lipinski definition) is 4. The summed E-state index contributed by atoms with van der Waals surface area (Å²) in [6, 6.07) is 29.1. The molecule has 16 nitrogen and oxygen atoms in total. The topological polar surface area (TPSA) is 216 Å². The number of rotatable bonds is 18. The van der Waals surface area contributed by atoms with Gasteiger partial charge in [-0.15, -0.1) is 0 Å². The average molecular weight is 1080 g/mol. The molecule has 1 amide bonds. The Balaban J connectivity index is 0.000000269. The van der Waals surface area contributed by atoms with E-state index in [2.05, 4.69) is 10.0 Å². The fraction of sp³-hybridized carbons (Fsp3) is 0.268. The van der Waals surface area contributed by atoms with Gasteiger partial charge in [-0.1, -0.05) is 49.4 Å². The number of sulfonamides is 2. The minimum atomic E-state index is -3.92. The average Bonchev–Trinajstić information content (AvgIpc) is 3.82. The molecule has 0 aliphatic carbocycles. The van der Waals surface area contributed by atoms with Crippen molar-refractivity contribution in [3.63, 3.8) is 0 Å². The van der Waals surface area contributed by atoms with Crippen LogP contribution in [0.4, 0.5) is 13.6 Å². The predicted octanol–water partition coefficient (Wildman–Crippen LogP) is 11.0. The predicted molar refractivity (Wildman–Crippen MR) is 289 cm³/mol. The van der Waals surface area contributed by atoms with Gasteiger partial charge < -0.3 is 34.1 Å². The normalized spacial score (nSPS) is 12.4. The molecule has 4 N–H and O–H groups in total. The molecule has 0 atom stereocenters. The minimum absolute atomic E-state index is 0.0110. The first-order valence-electron chi connectivity index (χ1n) is 23.9. The maximum absolute atomic E-state index is 15.2. The molecule has 2 aromatic heterocycles. The highest BCUT2D eigenvalue weighted by Gasteiger charge is 2.25. The number of hydrogen-bond acceptors (Lipinski definition) is 9. The van der Waals surface area contributed by atoms with Crippen LogP contribution in [0.25, 0.3) is 44.1 Å². The van der Waals surface area contributed by atoms with Gasteiger partial charge in [0.15, 0.2) is 0 Å². The molecule has 5 aromatic carbocycles. The zero-order valence-corrected chi connectivity index (χ0v) is 45.2. The van der Waals surface area contributed by atoms with E-state index < -0.39 is 49.5 Å². The summed E-state index contributed by atoms with van der Waals surface area (Å²) < 4.78 is 98.7. The Labute approximate surface area is 441 Å². The van der Waals surface area contributed by atoms with Gasteiger partial charge in [-0.2, -0.15) is 4.31 Å². The fourth-order valence-electron chi connectivity index (χ4n) is 8.58. The lowest BCUT2D eigenvalue weighted by atomic mass is 10.0. The molecule has 20 heteroatoms. The molecule has 0 saturated carbocycles. The smallest absolute Gasteiger partial charge is 0.407 e. The molecule has 0 fully saturated rings. The van der Waals surface area contributed by atoms with Crippen LogP contribution < -0.4 is 14.8 Å². The molecule has 0 aliphatic heterocycles. The standard InChI is InChI=1S/C34H38FN3O7S.C22H23FN2O4S/c1-22-31(24-8-7-9-28(18-24)46(42,43)37(5)20-23-10-13-27(44-6)14-11-23)29-19-25(32(39)40)12-15-30(29)38(22)21-26(35)16-17-36-33(41)45-34(2,3)4;1-4-6-17(23)13-25-14(2)21(19-12-16(22(26)27)9-10-20(19)25)15-7-5-8-18(11-15)30(28,29)24-3/h7-16,18-19H,17,20-21H2,1-6H3,(H,36,41)(H,39,40);5-12,24H,4,13H2,1-3H3,(H,26,27)/b26-16-;17-6-. The van der Waals surface area contributed by atoms with Gasteiger partial charge in [-0.3, -0.25) is 0 Å². The lowest BCUT2D eigenvalue weighted by molar-refractivity contribution is 0.0532. The summed E-state index contributed by atoms with van der Waals surface area (Å²) >= 11 is 0. The minimum Gasteiger partial charge on any atom is -0.497 e. The quantitative estimate of drug-likeness (QED) is 0.0634. The first-order chi connectivity index (χ1) is 35.8. The zero-order valence-electron chi connectivity index (χ0n) is 43.6. The first kappa shape index (κ1) is 57.6. The molecule has 0 unspecified atom stereocenters. The third-order valence-corrected chi connectivity index (χ3v) is 15.5. The maximum Gasteiger partial charge on any atom is 0.407 e. The second kappa shape index (κ2) is 23.9. The van der Waals surface area contributed by atoms with Crippen LogP contribution >= 0.6 is 0 Å². The van der Waals surface area contributed by atoms with Crippen molar-refractivity contribution < 1.29 is 59.7 Å². The lowest BCUT2D eigenvalue weighted by Gasteiger charge is -2.19. The number of aromatic carboxylic acids is 2. The van der Waals surface area contributed by atoms with Gasteiger partial charge in [-0.25, -0.2) is 44.7 Å². The van der Waals surface area contributed by atoms with Crippen LogP contribution in [0.5, 0.6) is 5.75 Å². The summed E-state index contributed by atoms with van der Waals surface area (Å²) in [5.41, 5.74) is 5.15. The largest absolute Gasteiger partial charge is 0.497 e. The van der Waals surface area contributed by atoms with Gasteiger partial charge in [-0.05, 0) is 144 Å². The summed E-state index contributed by atoms with van der Waals surface area (Å²) in [5, 5.41) is 22.7. The van der Waals surface area contributed by atoms with E-state index in [0.717, 1.165) is 5.56 Å². The number of aromatic nitrogens is 2. The number of benzene rings is 5. The molecule has 0 spiro atoms. The molecule has 0 radical (unpaired) electrons. The van der Waals surface area contributed by atoms with Gasteiger partial charge in [0.25, 0.3) is 0 Å². The molecular weight excluding hydrogens is 1020 g/mol. The van der Waals surface area contributed by atoms with Crippen LogP contribution in [-0.4, -0.2) is 91.9 Å². The van der Waals surface area contributed by atoms with E-state index in [9.17, 15) is 45.8 Å². The Bertz CT molecular complexity index is 3620. The second-order valence-corrected chi connectivity index (χ2v) is 22.6. The number of carboxylic acids is 2. The van der Waals surface area contributed by atoms with Crippen molar-refractivity contribution in [2.24, 2.45) is 0 Å². The highest BCUT2D eigenvalue weighted by atomic mass is 32.2. The van der Waals surface area contributed by atoms with Crippen LogP contribution in [0.3, 0.4) is 0 Å². The van der Waals surface area contributed by atoms with Crippen LogP contribution in [0, 0.1) is 13.8 Å². The number of carbonyl (C=O) groups is 3. The summed E-state index contributed by atoms with van der Waals surface area (Å²) in [5.74, 6) is -2.37. The number of alkyl carbamates (subject to hydrolysis) is 1. The number of fused-ring (bicyclic) bond motifs is 2. The summed E-state index contributed by atoms with van der Waals surface area (Å²) in [4.78, 5) is 35.4. The van der Waals surface area contributed by atoms with Crippen LogP contribution in [0.1, 0.15) is 71.8 Å². The zero-order chi connectivity index (χ0) is 55.9. The number of allylic oxidation sites excluding steroid dienone is 3.